The minimum absolute atomic E-state index is 0.0297. The summed E-state index contributed by atoms with van der Waals surface area (Å²) in [7, 11) is 0. The molecule has 0 spiro atoms. The number of carbonyl (C=O) groups is 2. The van der Waals surface area contributed by atoms with E-state index in [9.17, 15) is 9.59 Å². The van der Waals surface area contributed by atoms with Crippen molar-refractivity contribution in [2.75, 3.05) is 11.9 Å². The van der Waals surface area contributed by atoms with Crippen LogP contribution in [0, 0.1) is 5.92 Å². The van der Waals surface area contributed by atoms with Crippen LogP contribution in [0.5, 0.6) is 0 Å². The minimum atomic E-state index is -0.882. The van der Waals surface area contributed by atoms with Gasteiger partial charge < -0.3 is 9.84 Å². The largest absolute Gasteiger partial charge is 0.481 e. The van der Waals surface area contributed by atoms with Gasteiger partial charge >= 0.3 is 12.1 Å². The Morgan fingerprint density at radius 1 is 1.28 bits per heavy atom. The number of carboxylic acids is 1. The van der Waals surface area contributed by atoms with Crippen LogP contribution in [0.25, 0.3) is 0 Å². The summed E-state index contributed by atoms with van der Waals surface area (Å²) in [6.45, 7) is 4.27. The Morgan fingerprint density at radius 2 is 1.89 bits per heavy atom. The maximum absolute atomic E-state index is 11.4. The summed E-state index contributed by atoms with van der Waals surface area (Å²) in [4.78, 5) is 21.8. The van der Waals surface area contributed by atoms with E-state index in [2.05, 4.69) is 5.32 Å². The van der Waals surface area contributed by atoms with Crippen LogP contribution in [0.2, 0.25) is 0 Å². The van der Waals surface area contributed by atoms with Crippen LogP contribution in [0.4, 0.5) is 10.5 Å². The first-order chi connectivity index (χ1) is 8.47. The molecule has 0 aliphatic carbocycles. The third-order valence-electron chi connectivity index (χ3n) is 2.10. The van der Waals surface area contributed by atoms with E-state index in [1.54, 1.807) is 24.3 Å². The lowest BCUT2D eigenvalue weighted by atomic mass is 10.1. The highest BCUT2D eigenvalue weighted by Gasteiger charge is 2.05. The van der Waals surface area contributed by atoms with Gasteiger partial charge in [-0.05, 0) is 23.6 Å². The fourth-order valence-corrected chi connectivity index (χ4v) is 1.28. The van der Waals surface area contributed by atoms with E-state index in [0.29, 0.717) is 17.9 Å². The van der Waals surface area contributed by atoms with Crippen LogP contribution >= 0.6 is 0 Å². The molecule has 5 heteroatoms. The van der Waals surface area contributed by atoms with Gasteiger partial charge in [-0.3, -0.25) is 10.1 Å². The van der Waals surface area contributed by atoms with Crippen LogP contribution in [-0.4, -0.2) is 23.8 Å². The number of benzene rings is 1. The Balaban J connectivity index is 2.48. The molecule has 0 radical (unpaired) electrons. The molecular formula is C13H17NO4. The molecular weight excluding hydrogens is 234 g/mol. The molecule has 0 bridgehead atoms. The fourth-order valence-electron chi connectivity index (χ4n) is 1.28. The molecule has 1 aromatic carbocycles. The third kappa shape index (κ3) is 5.34. The molecule has 0 heterocycles. The van der Waals surface area contributed by atoms with Crippen molar-refractivity contribution in [2.24, 2.45) is 5.92 Å². The van der Waals surface area contributed by atoms with Gasteiger partial charge in [-0.15, -0.1) is 0 Å². The van der Waals surface area contributed by atoms with E-state index in [-0.39, 0.29) is 12.3 Å². The maximum atomic E-state index is 11.4. The summed E-state index contributed by atoms with van der Waals surface area (Å²) in [5.74, 6) is -0.597. The van der Waals surface area contributed by atoms with Gasteiger partial charge in [0.2, 0.25) is 0 Å². The maximum Gasteiger partial charge on any atom is 0.411 e. The Bertz CT molecular complexity index is 412. The lowest BCUT2D eigenvalue weighted by molar-refractivity contribution is -0.136. The number of ether oxygens (including phenoxy) is 1. The molecule has 1 amide bonds. The van der Waals surface area contributed by atoms with E-state index in [1.165, 1.54) is 0 Å². The molecule has 18 heavy (non-hydrogen) atoms. The number of hydrogen-bond acceptors (Lipinski definition) is 3. The topological polar surface area (TPSA) is 75.6 Å². The van der Waals surface area contributed by atoms with Crippen molar-refractivity contribution < 1.29 is 19.4 Å². The fraction of sp³-hybridized carbons (Fsp3) is 0.385. The van der Waals surface area contributed by atoms with Gasteiger partial charge in [0.1, 0.15) is 0 Å². The van der Waals surface area contributed by atoms with Crippen molar-refractivity contribution in [1.82, 2.24) is 0 Å². The molecule has 0 saturated heterocycles. The quantitative estimate of drug-likeness (QED) is 0.843. The summed E-state index contributed by atoms with van der Waals surface area (Å²) in [6.07, 6.45) is -0.535. The second-order valence-corrected chi connectivity index (χ2v) is 4.38. The van der Waals surface area contributed by atoms with Gasteiger partial charge in [-0.2, -0.15) is 0 Å². The highest BCUT2D eigenvalue weighted by Crippen LogP contribution is 2.10. The second-order valence-electron chi connectivity index (χ2n) is 4.38. The van der Waals surface area contributed by atoms with Crippen LogP contribution in [-0.2, 0) is 16.0 Å². The Hall–Kier alpha value is -2.04. The molecule has 2 N–H and O–H groups in total. The van der Waals surface area contributed by atoms with Gasteiger partial charge in [0.25, 0.3) is 0 Å². The van der Waals surface area contributed by atoms with E-state index < -0.39 is 12.1 Å². The first-order valence-electron chi connectivity index (χ1n) is 5.72. The summed E-state index contributed by atoms with van der Waals surface area (Å²) < 4.78 is 4.96. The van der Waals surface area contributed by atoms with Gasteiger partial charge in [0.05, 0.1) is 13.0 Å². The lowest BCUT2D eigenvalue weighted by Gasteiger charge is -2.09. The van der Waals surface area contributed by atoms with E-state index in [0.717, 1.165) is 0 Å². The Labute approximate surface area is 106 Å². The van der Waals surface area contributed by atoms with Crippen LogP contribution in [0.3, 0.4) is 0 Å². The zero-order chi connectivity index (χ0) is 13.5. The zero-order valence-electron chi connectivity index (χ0n) is 10.5. The van der Waals surface area contributed by atoms with Crippen LogP contribution in [0.1, 0.15) is 19.4 Å². The molecule has 0 aliphatic heterocycles. The Morgan fingerprint density at radius 3 is 2.39 bits per heavy atom. The molecule has 1 aromatic rings. The van der Waals surface area contributed by atoms with Gasteiger partial charge in [0.15, 0.2) is 0 Å². The highest BCUT2D eigenvalue weighted by atomic mass is 16.5. The summed E-state index contributed by atoms with van der Waals surface area (Å²) in [5, 5.41) is 11.2. The van der Waals surface area contributed by atoms with Crippen LogP contribution in [0.15, 0.2) is 24.3 Å². The minimum Gasteiger partial charge on any atom is -0.481 e. The number of hydrogen-bond donors (Lipinski definition) is 2. The number of nitrogens with one attached hydrogen (secondary N) is 1. The molecule has 0 aliphatic rings. The van der Waals surface area contributed by atoms with Crippen molar-refractivity contribution in [2.45, 2.75) is 20.3 Å². The zero-order valence-corrected chi connectivity index (χ0v) is 10.5. The van der Waals surface area contributed by atoms with Crippen molar-refractivity contribution in [3.05, 3.63) is 29.8 Å². The Kier molecular flexibility index (Phi) is 5.17. The molecule has 0 fully saturated rings. The van der Waals surface area contributed by atoms with Gasteiger partial charge in [-0.25, -0.2) is 4.79 Å². The van der Waals surface area contributed by atoms with Crippen molar-refractivity contribution in [1.29, 1.82) is 0 Å². The van der Waals surface area contributed by atoms with E-state index >= 15 is 0 Å². The molecule has 5 nitrogen and oxygen atoms in total. The lowest BCUT2D eigenvalue weighted by Crippen LogP contribution is -2.16. The normalized spacial score (nSPS) is 10.2. The predicted molar refractivity (Wildman–Crippen MR) is 67.6 cm³/mol. The van der Waals surface area contributed by atoms with E-state index in [4.69, 9.17) is 9.84 Å². The van der Waals surface area contributed by atoms with Gasteiger partial charge in [0, 0.05) is 5.69 Å². The number of carboxylic acid groups (broad SMARTS) is 1. The first-order valence-corrected chi connectivity index (χ1v) is 5.72. The monoisotopic (exact) mass is 251 g/mol. The highest BCUT2D eigenvalue weighted by molar-refractivity contribution is 5.84. The second kappa shape index (κ2) is 6.64. The molecule has 98 valence electrons. The molecule has 1 rings (SSSR count). The number of aliphatic carboxylic acids is 1. The smallest absolute Gasteiger partial charge is 0.411 e. The number of carbonyl (C=O) groups excluding carboxylic acids is 1. The molecule has 0 atom stereocenters. The van der Waals surface area contributed by atoms with E-state index in [1.807, 2.05) is 13.8 Å². The van der Waals surface area contributed by atoms with Gasteiger partial charge in [-0.1, -0.05) is 26.0 Å². The van der Waals surface area contributed by atoms with Crippen molar-refractivity contribution in [3.8, 4) is 0 Å². The summed E-state index contributed by atoms with van der Waals surface area (Å²) in [5.41, 5.74) is 1.27. The SMILES string of the molecule is CC(C)COC(=O)Nc1ccc(CC(=O)O)cc1. The number of amides is 1. The van der Waals surface area contributed by atoms with Crippen molar-refractivity contribution >= 4 is 17.7 Å². The summed E-state index contributed by atoms with van der Waals surface area (Å²) >= 11 is 0. The average molecular weight is 251 g/mol. The molecule has 0 aromatic heterocycles. The standard InChI is InChI=1S/C13H17NO4/c1-9(2)8-18-13(17)14-11-5-3-10(4-6-11)7-12(15)16/h3-6,9H,7-8H2,1-2H3,(H,14,17)(H,15,16). The predicted octanol–water partition coefficient (Wildman–Crippen LogP) is 2.52. The third-order valence-corrected chi connectivity index (χ3v) is 2.10. The van der Waals surface area contributed by atoms with Crippen LogP contribution < -0.4 is 5.32 Å². The number of anilines is 1. The first kappa shape index (κ1) is 14.0. The van der Waals surface area contributed by atoms with Crippen molar-refractivity contribution in [3.63, 3.8) is 0 Å². The molecule has 0 unspecified atom stereocenters. The molecule has 0 saturated carbocycles. The summed E-state index contributed by atoms with van der Waals surface area (Å²) in [6, 6.07) is 6.61. The number of rotatable bonds is 5. The average Bonchev–Trinajstić information content (AvgIpc) is 2.28.